The molecule has 0 aliphatic carbocycles. The van der Waals surface area contributed by atoms with E-state index < -0.39 is 0 Å². The minimum Gasteiger partial charge on any atom is -0.378 e. The van der Waals surface area contributed by atoms with E-state index in [4.69, 9.17) is 16.3 Å². The zero-order valence-corrected chi connectivity index (χ0v) is 19.7. The van der Waals surface area contributed by atoms with Gasteiger partial charge in [-0.05, 0) is 47.7 Å². The average Bonchev–Trinajstić information content (AvgIpc) is 2.86. The second kappa shape index (κ2) is 11.4. The lowest BCUT2D eigenvalue weighted by atomic mass is 10.0. The van der Waals surface area contributed by atoms with E-state index in [1.54, 1.807) is 18.3 Å². The van der Waals surface area contributed by atoms with Crippen molar-refractivity contribution in [2.45, 2.75) is 25.7 Å². The van der Waals surface area contributed by atoms with Crippen molar-refractivity contribution in [1.29, 1.82) is 0 Å². The predicted octanol–water partition coefficient (Wildman–Crippen LogP) is 4.78. The lowest BCUT2D eigenvalue weighted by Crippen LogP contribution is -2.36. The van der Waals surface area contributed by atoms with Crippen molar-refractivity contribution in [1.82, 2.24) is 9.97 Å². The molecule has 1 fully saturated rings. The van der Waals surface area contributed by atoms with Gasteiger partial charge in [0.15, 0.2) is 5.78 Å². The Morgan fingerprint density at radius 1 is 1.12 bits per heavy atom. The Balaban J connectivity index is 1.40. The number of aryl methyl sites for hydroxylation is 2. The molecule has 34 heavy (non-hydrogen) atoms. The molecule has 1 saturated heterocycles. The molecular weight excluding hydrogens is 453 g/mol. The fourth-order valence-corrected chi connectivity index (χ4v) is 4.12. The van der Waals surface area contributed by atoms with Gasteiger partial charge in [0.2, 0.25) is 0 Å². The van der Waals surface area contributed by atoms with Crippen LogP contribution in [-0.4, -0.2) is 42.1 Å². The average molecular weight is 480 g/mol. The van der Waals surface area contributed by atoms with Crippen LogP contribution in [0.15, 0.2) is 61.3 Å². The van der Waals surface area contributed by atoms with Crippen molar-refractivity contribution in [3.05, 3.63) is 100 Å². The Kier molecular flexibility index (Phi) is 8.03. The van der Waals surface area contributed by atoms with Crippen LogP contribution in [0.25, 0.3) is 0 Å². The van der Waals surface area contributed by atoms with Gasteiger partial charge in [-0.2, -0.15) is 0 Å². The maximum atomic E-state index is 14.8. The van der Waals surface area contributed by atoms with Gasteiger partial charge < -0.3 is 9.64 Å². The first kappa shape index (κ1) is 24.0. The fraction of sp³-hybridized carbons (Fsp3) is 0.296. The first-order chi connectivity index (χ1) is 16.5. The molecule has 1 aliphatic heterocycles. The van der Waals surface area contributed by atoms with Crippen molar-refractivity contribution < 1.29 is 13.9 Å². The SMILES string of the molecule is C=CC(=O)Cc1ccc(CCc2nc(Cc3ccc(N4CCOCC4)cc3F)ncc2Cl)cc1. The summed E-state index contributed by atoms with van der Waals surface area (Å²) in [6.45, 7) is 6.34. The van der Waals surface area contributed by atoms with E-state index >= 15 is 0 Å². The van der Waals surface area contributed by atoms with Gasteiger partial charge in [0.05, 0.1) is 23.9 Å². The number of benzene rings is 2. The van der Waals surface area contributed by atoms with Crippen molar-refractivity contribution in [2.24, 2.45) is 0 Å². The van der Waals surface area contributed by atoms with Crippen LogP contribution in [0.3, 0.4) is 0 Å². The normalized spacial score (nSPS) is 13.6. The van der Waals surface area contributed by atoms with Crippen LogP contribution < -0.4 is 4.90 Å². The highest BCUT2D eigenvalue weighted by atomic mass is 35.5. The number of nitrogens with zero attached hydrogens (tertiary/aromatic N) is 3. The molecule has 3 aromatic rings. The van der Waals surface area contributed by atoms with Gasteiger partial charge >= 0.3 is 0 Å². The number of allylic oxidation sites excluding steroid dienone is 1. The van der Waals surface area contributed by atoms with Gasteiger partial charge in [-0.3, -0.25) is 4.79 Å². The van der Waals surface area contributed by atoms with Gasteiger partial charge in [-0.25, -0.2) is 14.4 Å². The van der Waals surface area contributed by atoms with E-state index in [9.17, 15) is 9.18 Å². The zero-order chi connectivity index (χ0) is 23.9. The molecule has 4 rings (SSSR count). The largest absolute Gasteiger partial charge is 0.378 e. The predicted molar refractivity (Wildman–Crippen MR) is 132 cm³/mol. The maximum Gasteiger partial charge on any atom is 0.159 e. The zero-order valence-electron chi connectivity index (χ0n) is 19.0. The molecule has 2 aromatic carbocycles. The Hall–Kier alpha value is -3.09. The van der Waals surface area contributed by atoms with E-state index in [0.29, 0.717) is 48.9 Å². The monoisotopic (exact) mass is 479 g/mol. The van der Waals surface area contributed by atoms with Gasteiger partial charge in [0, 0.05) is 37.8 Å². The van der Waals surface area contributed by atoms with Gasteiger partial charge in [-0.15, -0.1) is 0 Å². The smallest absolute Gasteiger partial charge is 0.159 e. The Morgan fingerprint density at radius 3 is 2.56 bits per heavy atom. The fourth-order valence-electron chi connectivity index (χ4n) is 3.93. The van der Waals surface area contributed by atoms with Crippen molar-refractivity contribution in [3.8, 4) is 0 Å². The second-order valence-corrected chi connectivity index (χ2v) is 8.70. The number of anilines is 1. The molecular formula is C27H27ClFN3O2. The molecule has 2 heterocycles. The van der Waals surface area contributed by atoms with E-state index in [0.717, 1.165) is 42.0 Å². The molecule has 5 nitrogen and oxygen atoms in total. The lowest BCUT2D eigenvalue weighted by molar-refractivity contribution is -0.114. The van der Waals surface area contributed by atoms with Crippen molar-refractivity contribution in [3.63, 3.8) is 0 Å². The Morgan fingerprint density at radius 2 is 1.85 bits per heavy atom. The third kappa shape index (κ3) is 6.27. The first-order valence-corrected chi connectivity index (χ1v) is 11.7. The summed E-state index contributed by atoms with van der Waals surface area (Å²) < 4.78 is 20.2. The van der Waals surface area contributed by atoms with E-state index in [1.165, 1.54) is 6.08 Å². The number of rotatable bonds is 9. The molecule has 0 saturated carbocycles. The van der Waals surface area contributed by atoms with Crippen molar-refractivity contribution >= 4 is 23.1 Å². The standard InChI is InChI=1S/C27H27ClFN3O2/c1-2-23(33)15-20-5-3-19(4-6-20)7-10-26-24(28)18-30-27(31-26)16-21-8-9-22(17-25(21)29)32-11-13-34-14-12-32/h2-6,8-9,17-18H,1,7,10-16H2. The summed E-state index contributed by atoms with van der Waals surface area (Å²) in [6.07, 6.45) is 4.96. The van der Waals surface area contributed by atoms with Gasteiger partial charge in [0.1, 0.15) is 11.6 Å². The number of morpholine rings is 1. The second-order valence-electron chi connectivity index (χ2n) is 8.30. The molecule has 0 unspecified atom stereocenters. The van der Waals surface area contributed by atoms with Crippen LogP contribution in [0.5, 0.6) is 0 Å². The van der Waals surface area contributed by atoms with Crippen LogP contribution in [0, 0.1) is 5.82 Å². The molecule has 0 spiro atoms. The molecule has 176 valence electrons. The van der Waals surface area contributed by atoms with Gasteiger partial charge in [0.25, 0.3) is 0 Å². The van der Waals surface area contributed by atoms with E-state index in [1.807, 2.05) is 30.3 Å². The number of hydrogen-bond acceptors (Lipinski definition) is 5. The lowest BCUT2D eigenvalue weighted by Gasteiger charge is -2.29. The van der Waals surface area contributed by atoms with Crippen molar-refractivity contribution in [2.75, 3.05) is 31.2 Å². The molecule has 1 aromatic heterocycles. The number of aromatic nitrogens is 2. The first-order valence-electron chi connectivity index (χ1n) is 11.4. The van der Waals surface area contributed by atoms with Crippen LogP contribution in [-0.2, 0) is 35.2 Å². The van der Waals surface area contributed by atoms with Crippen LogP contribution in [0.2, 0.25) is 5.02 Å². The Labute approximate surface area is 204 Å². The number of ether oxygens (including phenoxy) is 1. The third-order valence-electron chi connectivity index (χ3n) is 5.91. The highest BCUT2D eigenvalue weighted by Gasteiger charge is 2.15. The number of hydrogen-bond donors (Lipinski definition) is 0. The molecule has 0 bridgehead atoms. The number of ketones is 1. The highest BCUT2D eigenvalue weighted by molar-refractivity contribution is 6.31. The number of halogens is 2. The van der Waals surface area contributed by atoms with Crippen LogP contribution >= 0.6 is 11.6 Å². The van der Waals surface area contributed by atoms with E-state index in [-0.39, 0.29) is 11.6 Å². The molecule has 1 aliphatic rings. The van der Waals surface area contributed by atoms with Gasteiger partial charge in [-0.1, -0.05) is 48.5 Å². The molecule has 0 N–H and O–H groups in total. The quantitative estimate of drug-likeness (QED) is 0.413. The summed E-state index contributed by atoms with van der Waals surface area (Å²) in [6, 6.07) is 13.2. The maximum absolute atomic E-state index is 14.8. The van der Waals surface area contributed by atoms with E-state index in [2.05, 4.69) is 21.4 Å². The van der Waals surface area contributed by atoms with Crippen LogP contribution in [0.1, 0.15) is 28.2 Å². The minimum atomic E-state index is -0.265. The summed E-state index contributed by atoms with van der Waals surface area (Å²) in [7, 11) is 0. The summed E-state index contributed by atoms with van der Waals surface area (Å²) in [5.41, 5.74) is 4.23. The molecule has 0 amide bonds. The summed E-state index contributed by atoms with van der Waals surface area (Å²) >= 11 is 6.34. The number of carbonyl (C=O) groups excluding carboxylic acids is 1. The molecule has 0 atom stereocenters. The molecule has 0 radical (unpaired) electrons. The topological polar surface area (TPSA) is 55.3 Å². The van der Waals surface area contributed by atoms with Crippen LogP contribution in [0.4, 0.5) is 10.1 Å². The highest BCUT2D eigenvalue weighted by Crippen LogP contribution is 2.22. The minimum absolute atomic E-state index is 0.000202. The third-order valence-corrected chi connectivity index (χ3v) is 6.22. The summed E-state index contributed by atoms with van der Waals surface area (Å²) in [5, 5.41) is 0.500. The number of carbonyl (C=O) groups is 1. The summed E-state index contributed by atoms with van der Waals surface area (Å²) in [5.74, 6) is 0.273. The summed E-state index contributed by atoms with van der Waals surface area (Å²) in [4.78, 5) is 22.6. The Bertz CT molecular complexity index is 1160. The molecule has 7 heteroatoms.